The molecule has 0 bridgehead atoms. The summed E-state index contributed by atoms with van der Waals surface area (Å²) in [6, 6.07) is 0.938. The summed E-state index contributed by atoms with van der Waals surface area (Å²) in [5.74, 6) is -0.306. The van der Waals surface area contributed by atoms with Crippen molar-refractivity contribution in [2.75, 3.05) is 20.2 Å². The number of halogens is 3. The van der Waals surface area contributed by atoms with E-state index in [1.165, 1.54) is 17.3 Å². The first-order valence-electron chi connectivity index (χ1n) is 8.69. The van der Waals surface area contributed by atoms with Gasteiger partial charge in [-0.2, -0.15) is 13.2 Å². The smallest absolute Gasteiger partial charge is 0.417 e. The Balaban J connectivity index is 1.77. The molecule has 1 fully saturated rings. The Hall–Kier alpha value is -2.88. The Morgan fingerprint density at radius 2 is 2.21 bits per heavy atom. The molecule has 1 amide bonds. The fraction of sp³-hybridized carbons (Fsp3) is 0.389. The van der Waals surface area contributed by atoms with Crippen molar-refractivity contribution in [3.05, 3.63) is 42.3 Å². The lowest BCUT2D eigenvalue weighted by Gasteiger charge is -2.20. The van der Waals surface area contributed by atoms with Crippen LogP contribution in [0.5, 0.6) is 0 Å². The Kier molecular flexibility index (Phi) is 4.58. The molecule has 7 nitrogen and oxygen atoms in total. The first-order chi connectivity index (χ1) is 13.3. The molecule has 0 saturated carbocycles. The number of oxazole rings is 1. The van der Waals surface area contributed by atoms with E-state index in [0.29, 0.717) is 13.2 Å². The van der Waals surface area contributed by atoms with Crippen LogP contribution in [0.4, 0.5) is 13.2 Å². The normalized spacial score (nSPS) is 17.4. The number of imidazole rings is 1. The van der Waals surface area contributed by atoms with Crippen molar-refractivity contribution in [1.82, 2.24) is 19.3 Å². The van der Waals surface area contributed by atoms with Crippen LogP contribution in [0.1, 0.15) is 28.9 Å². The summed E-state index contributed by atoms with van der Waals surface area (Å²) in [4.78, 5) is 22.2. The zero-order chi connectivity index (χ0) is 19.9. The number of pyridine rings is 1. The molecular formula is C18H17F3N4O3. The minimum atomic E-state index is -4.60. The molecule has 1 atom stereocenters. The number of rotatable bonds is 4. The Morgan fingerprint density at radius 1 is 1.39 bits per heavy atom. The number of carbonyl (C=O) groups excluding carboxylic acids is 1. The summed E-state index contributed by atoms with van der Waals surface area (Å²) in [6.07, 6.45) is 1.67. The minimum Gasteiger partial charge on any atom is -0.443 e. The topological polar surface area (TPSA) is 72.9 Å². The fourth-order valence-electron chi connectivity index (χ4n) is 3.30. The lowest BCUT2D eigenvalue weighted by Crippen LogP contribution is -2.34. The van der Waals surface area contributed by atoms with Crippen molar-refractivity contribution >= 4 is 11.6 Å². The monoisotopic (exact) mass is 394 g/mol. The van der Waals surface area contributed by atoms with Crippen LogP contribution in [0.3, 0.4) is 0 Å². The number of likely N-dealkylation sites (N-methyl/N-ethyl adjacent to an activating group) is 1. The molecular weight excluding hydrogens is 377 g/mol. The molecule has 148 valence electrons. The molecule has 1 saturated heterocycles. The zero-order valence-corrected chi connectivity index (χ0v) is 14.9. The van der Waals surface area contributed by atoms with Gasteiger partial charge in [0, 0.05) is 26.4 Å². The van der Waals surface area contributed by atoms with Crippen LogP contribution in [-0.2, 0) is 10.9 Å². The number of aromatic nitrogens is 3. The molecule has 0 aromatic carbocycles. The molecule has 4 heterocycles. The van der Waals surface area contributed by atoms with Gasteiger partial charge in [0.2, 0.25) is 0 Å². The van der Waals surface area contributed by atoms with Crippen LogP contribution in [-0.4, -0.2) is 51.5 Å². The molecule has 0 aliphatic carbocycles. The zero-order valence-electron chi connectivity index (χ0n) is 14.9. The Labute approximate surface area is 157 Å². The number of carbonyl (C=O) groups is 1. The average Bonchev–Trinajstić information content (AvgIpc) is 3.40. The van der Waals surface area contributed by atoms with Crippen molar-refractivity contribution in [3.8, 4) is 11.3 Å². The lowest BCUT2D eigenvalue weighted by molar-refractivity contribution is -0.137. The average molecular weight is 394 g/mol. The van der Waals surface area contributed by atoms with Crippen LogP contribution < -0.4 is 0 Å². The maximum Gasteiger partial charge on any atom is 0.417 e. The van der Waals surface area contributed by atoms with Gasteiger partial charge in [0.15, 0.2) is 12.2 Å². The van der Waals surface area contributed by atoms with Crippen LogP contribution in [0.2, 0.25) is 0 Å². The SMILES string of the molecule is CN(CC1CCCO1)C(=O)c1cnc2c(-c3cnco3)cc(C(F)(F)F)cn12. The summed E-state index contributed by atoms with van der Waals surface area (Å²) in [5.41, 5.74) is -0.602. The molecule has 0 spiro atoms. The van der Waals surface area contributed by atoms with E-state index in [9.17, 15) is 18.0 Å². The molecule has 10 heteroatoms. The molecule has 0 radical (unpaired) electrons. The Morgan fingerprint density at radius 3 is 2.86 bits per heavy atom. The number of amides is 1. The summed E-state index contributed by atoms with van der Waals surface area (Å²) in [6.45, 7) is 1.01. The van der Waals surface area contributed by atoms with Gasteiger partial charge in [0.25, 0.3) is 5.91 Å². The molecule has 1 aliphatic rings. The van der Waals surface area contributed by atoms with Crippen LogP contribution in [0.25, 0.3) is 17.0 Å². The lowest BCUT2D eigenvalue weighted by atomic mass is 10.1. The Bertz CT molecular complexity index is 992. The molecule has 1 aliphatic heterocycles. The van der Waals surface area contributed by atoms with Crippen molar-refractivity contribution in [2.24, 2.45) is 0 Å². The van der Waals surface area contributed by atoms with Crippen LogP contribution >= 0.6 is 0 Å². The third-order valence-corrected chi connectivity index (χ3v) is 4.70. The van der Waals surface area contributed by atoms with Crippen molar-refractivity contribution in [3.63, 3.8) is 0 Å². The molecule has 3 aromatic rings. The second-order valence-corrected chi connectivity index (χ2v) is 6.66. The summed E-state index contributed by atoms with van der Waals surface area (Å²) in [5, 5.41) is 0. The highest BCUT2D eigenvalue weighted by Gasteiger charge is 2.33. The molecule has 0 N–H and O–H groups in total. The van der Waals surface area contributed by atoms with E-state index in [0.717, 1.165) is 35.9 Å². The number of ether oxygens (including phenoxy) is 1. The van der Waals surface area contributed by atoms with E-state index in [1.807, 2.05) is 0 Å². The maximum absolute atomic E-state index is 13.4. The fourth-order valence-corrected chi connectivity index (χ4v) is 3.30. The van der Waals surface area contributed by atoms with Gasteiger partial charge in [0.05, 0.1) is 29.6 Å². The highest BCUT2D eigenvalue weighted by molar-refractivity contribution is 5.94. The molecule has 28 heavy (non-hydrogen) atoms. The second kappa shape index (κ2) is 6.93. The first-order valence-corrected chi connectivity index (χ1v) is 8.69. The predicted octanol–water partition coefficient (Wildman–Crippen LogP) is 3.26. The maximum atomic E-state index is 13.4. The van der Waals surface area contributed by atoms with E-state index >= 15 is 0 Å². The van der Waals surface area contributed by atoms with Gasteiger partial charge >= 0.3 is 6.18 Å². The molecule has 4 rings (SSSR count). The number of nitrogens with zero attached hydrogens (tertiary/aromatic N) is 4. The van der Waals surface area contributed by atoms with Gasteiger partial charge in [-0.25, -0.2) is 9.97 Å². The summed E-state index contributed by atoms with van der Waals surface area (Å²) < 4.78 is 52.1. The van der Waals surface area contributed by atoms with Crippen molar-refractivity contribution in [1.29, 1.82) is 0 Å². The highest BCUT2D eigenvalue weighted by atomic mass is 19.4. The third kappa shape index (κ3) is 3.35. The van der Waals surface area contributed by atoms with Gasteiger partial charge in [-0.1, -0.05) is 0 Å². The standard InChI is InChI=1S/C18H17F3N4O3/c1-24(9-12-3-2-4-27-12)17(26)14-6-23-16-13(15-7-22-10-28-15)5-11(8-25(14)16)18(19,20)21/h5-8,10,12H,2-4,9H2,1H3. The number of fused-ring (bicyclic) bond motifs is 1. The third-order valence-electron chi connectivity index (χ3n) is 4.70. The number of hydrogen-bond acceptors (Lipinski definition) is 5. The summed E-state index contributed by atoms with van der Waals surface area (Å²) in [7, 11) is 1.59. The largest absolute Gasteiger partial charge is 0.443 e. The van der Waals surface area contributed by atoms with Gasteiger partial charge < -0.3 is 14.1 Å². The van der Waals surface area contributed by atoms with E-state index in [1.54, 1.807) is 7.05 Å². The predicted molar refractivity (Wildman–Crippen MR) is 91.6 cm³/mol. The second-order valence-electron chi connectivity index (χ2n) is 6.66. The van der Waals surface area contributed by atoms with Gasteiger partial charge in [-0.05, 0) is 18.9 Å². The van der Waals surface area contributed by atoms with Crippen molar-refractivity contribution < 1.29 is 27.1 Å². The van der Waals surface area contributed by atoms with E-state index in [2.05, 4.69) is 9.97 Å². The number of hydrogen-bond donors (Lipinski definition) is 0. The van der Waals surface area contributed by atoms with Crippen LogP contribution in [0.15, 0.2) is 35.5 Å². The first kappa shape index (κ1) is 18.5. The van der Waals surface area contributed by atoms with E-state index < -0.39 is 17.6 Å². The molecule has 3 aromatic heterocycles. The van der Waals surface area contributed by atoms with Gasteiger partial charge in [-0.15, -0.1) is 0 Å². The van der Waals surface area contributed by atoms with Gasteiger partial charge in [0.1, 0.15) is 11.3 Å². The molecule has 1 unspecified atom stereocenters. The van der Waals surface area contributed by atoms with Crippen molar-refractivity contribution in [2.45, 2.75) is 25.1 Å². The quantitative estimate of drug-likeness (QED) is 0.679. The van der Waals surface area contributed by atoms with E-state index in [-0.39, 0.29) is 28.8 Å². The minimum absolute atomic E-state index is 0.0300. The van der Waals surface area contributed by atoms with Gasteiger partial charge in [-0.3, -0.25) is 9.20 Å². The van der Waals surface area contributed by atoms with Crippen LogP contribution in [0, 0.1) is 0 Å². The summed E-state index contributed by atoms with van der Waals surface area (Å²) >= 11 is 0. The number of alkyl halides is 3. The highest BCUT2D eigenvalue weighted by Crippen LogP contribution is 2.34. The van der Waals surface area contributed by atoms with E-state index in [4.69, 9.17) is 9.15 Å².